The van der Waals surface area contributed by atoms with Gasteiger partial charge in [-0.2, -0.15) is 5.10 Å². The Kier molecular flexibility index (Phi) is 3.89. The lowest BCUT2D eigenvalue weighted by molar-refractivity contribution is -0.117. The summed E-state index contributed by atoms with van der Waals surface area (Å²) in [5.41, 5.74) is 1.00. The highest BCUT2D eigenvalue weighted by atomic mass is 32.1. The molecule has 0 radical (unpaired) electrons. The summed E-state index contributed by atoms with van der Waals surface area (Å²) >= 11 is 1.59. The van der Waals surface area contributed by atoms with Crippen molar-refractivity contribution >= 4 is 39.1 Å². The molecule has 124 valence electrons. The van der Waals surface area contributed by atoms with E-state index in [0.717, 1.165) is 47.5 Å². The van der Waals surface area contributed by atoms with E-state index in [0.29, 0.717) is 5.82 Å². The van der Waals surface area contributed by atoms with E-state index in [2.05, 4.69) is 30.4 Å². The predicted molar refractivity (Wildman–Crippen MR) is 94.4 cm³/mol. The number of aryl methyl sites for hydroxylation is 1. The van der Waals surface area contributed by atoms with Gasteiger partial charge in [0.05, 0.1) is 5.39 Å². The van der Waals surface area contributed by atoms with Gasteiger partial charge in [0.25, 0.3) is 0 Å². The molecule has 7 nitrogen and oxygen atoms in total. The normalized spacial score (nSPS) is 17.5. The van der Waals surface area contributed by atoms with E-state index in [-0.39, 0.29) is 11.9 Å². The van der Waals surface area contributed by atoms with E-state index in [1.165, 1.54) is 0 Å². The largest absolute Gasteiger partial charge is 0.344 e. The maximum atomic E-state index is 12.7. The van der Waals surface area contributed by atoms with Gasteiger partial charge in [-0.05, 0) is 30.7 Å². The van der Waals surface area contributed by atoms with Crippen LogP contribution in [0.5, 0.6) is 0 Å². The molecule has 1 saturated heterocycles. The molecule has 3 aromatic rings. The second-order valence-electron chi connectivity index (χ2n) is 5.81. The molecule has 8 heteroatoms. The van der Waals surface area contributed by atoms with E-state index in [4.69, 9.17) is 0 Å². The van der Waals surface area contributed by atoms with Crippen LogP contribution in [-0.2, 0) is 11.2 Å². The molecular weight excluding hydrogens is 324 g/mol. The van der Waals surface area contributed by atoms with Crippen molar-refractivity contribution in [1.82, 2.24) is 20.2 Å². The first kappa shape index (κ1) is 15.1. The van der Waals surface area contributed by atoms with Crippen LogP contribution in [0.3, 0.4) is 0 Å². The first-order valence-electron chi connectivity index (χ1n) is 8.06. The Morgan fingerprint density at radius 3 is 3.25 bits per heavy atom. The van der Waals surface area contributed by atoms with E-state index < -0.39 is 0 Å². The Morgan fingerprint density at radius 2 is 2.42 bits per heavy atom. The van der Waals surface area contributed by atoms with Crippen molar-refractivity contribution < 1.29 is 4.79 Å². The van der Waals surface area contributed by atoms with Gasteiger partial charge in [-0.25, -0.2) is 9.97 Å². The zero-order valence-electron chi connectivity index (χ0n) is 13.3. The van der Waals surface area contributed by atoms with Crippen LogP contribution in [0.1, 0.15) is 25.5 Å². The average Bonchev–Trinajstić information content (AvgIpc) is 3.33. The topological polar surface area (TPSA) is 86.8 Å². The lowest BCUT2D eigenvalue weighted by atomic mass is 10.2. The third-order valence-electron chi connectivity index (χ3n) is 4.33. The van der Waals surface area contributed by atoms with Crippen LogP contribution >= 0.6 is 11.3 Å². The van der Waals surface area contributed by atoms with Gasteiger partial charge in [-0.3, -0.25) is 9.89 Å². The second-order valence-corrected chi connectivity index (χ2v) is 6.70. The van der Waals surface area contributed by atoms with Gasteiger partial charge < -0.3 is 10.2 Å². The number of anilines is 2. The van der Waals surface area contributed by atoms with Crippen molar-refractivity contribution in [1.29, 1.82) is 0 Å². The Morgan fingerprint density at radius 1 is 1.50 bits per heavy atom. The summed E-state index contributed by atoms with van der Waals surface area (Å²) in [5.74, 6) is 1.38. The average molecular weight is 342 g/mol. The minimum atomic E-state index is -0.232. The summed E-state index contributed by atoms with van der Waals surface area (Å²) in [6, 6.07) is 3.66. The van der Waals surface area contributed by atoms with Crippen LogP contribution in [0.2, 0.25) is 0 Å². The van der Waals surface area contributed by atoms with Gasteiger partial charge in [0.2, 0.25) is 5.91 Å². The molecule has 3 aromatic heterocycles. The van der Waals surface area contributed by atoms with Crippen LogP contribution in [-0.4, -0.2) is 38.7 Å². The standard InChI is InChI=1S/C16H18N6OS/c1-2-10-8-13(21-20-10)19-15(23)12-4-3-6-22(12)14-11-5-7-24-16(11)18-9-17-14/h5,7-9,12H,2-4,6H2,1H3,(H2,19,20,21,23). The fourth-order valence-electron chi connectivity index (χ4n) is 3.11. The number of amides is 1. The number of carbonyl (C=O) groups excluding carboxylic acids is 1. The Hall–Kier alpha value is -2.48. The Balaban J connectivity index is 1.58. The Labute approximate surface area is 143 Å². The lowest BCUT2D eigenvalue weighted by Crippen LogP contribution is -2.40. The summed E-state index contributed by atoms with van der Waals surface area (Å²) in [4.78, 5) is 24.5. The molecule has 0 spiro atoms. The molecule has 0 saturated carbocycles. The van der Waals surface area contributed by atoms with Gasteiger partial charge in [0.1, 0.15) is 23.0 Å². The van der Waals surface area contributed by atoms with E-state index in [1.54, 1.807) is 17.7 Å². The fraction of sp³-hybridized carbons (Fsp3) is 0.375. The maximum absolute atomic E-state index is 12.7. The number of carbonyl (C=O) groups is 1. The van der Waals surface area contributed by atoms with E-state index >= 15 is 0 Å². The number of aromatic amines is 1. The third kappa shape index (κ3) is 2.62. The SMILES string of the molecule is CCc1cc(NC(=O)C2CCCN2c2ncnc3sccc23)n[nH]1. The number of hydrogen-bond donors (Lipinski definition) is 2. The van der Waals surface area contributed by atoms with Gasteiger partial charge in [0, 0.05) is 18.3 Å². The number of H-pyrrole nitrogens is 1. The van der Waals surface area contributed by atoms with Gasteiger partial charge >= 0.3 is 0 Å². The molecule has 0 aliphatic carbocycles. The van der Waals surface area contributed by atoms with Crippen molar-refractivity contribution in [3.8, 4) is 0 Å². The molecule has 0 aromatic carbocycles. The van der Waals surface area contributed by atoms with Crippen molar-refractivity contribution in [3.63, 3.8) is 0 Å². The van der Waals surface area contributed by atoms with Crippen molar-refractivity contribution in [2.75, 3.05) is 16.8 Å². The summed E-state index contributed by atoms with van der Waals surface area (Å²) in [5, 5.41) is 13.0. The number of nitrogens with zero attached hydrogens (tertiary/aromatic N) is 4. The summed E-state index contributed by atoms with van der Waals surface area (Å²) in [7, 11) is 0. The minimum absolute atomic E-state index is 0.0383. The first-order valence-corrected chi connectivity index (χ1v) is 8.94. The van der Waals surface area contributed by atoms with E-state index in [9.17, 15) is 4.79 Å². The maximum Gasteiger partial charge on any atom is 0.248 e. The monoisotopic (exact) mass is 342 g/mol. The molecule has 1 amide bonds. The number of nitrogens with one attached hydrogen (secondary N) is 2. The molecule has 4 rings (SSSR count). The highest BCUT2D eigenvalue weighted by Gasteiger charge is 2.33. The summed E-state index contributed by atoms with van der Waals surface area (Å²) in [6.07, 6.45) is 4.21. The minimum Gasteiger partial charge on any atom is -0.344 e. The molecule has 1 aliphatic heterocycles. The number of thiophene rings is 1. The molecule has 24 heavy (non-hydrogen) atoms. The van der Waals surface area contributed by atoms with Crippen molar-refractivity contribution in [3.05, 3.63) is 29.5 Å². The molecule has 1 aliphatic rings. The number of fused-ring (bicyclic) bond motifs is 1. The number of hydrogen-bond acceptors (Lipinski definition) is 6. The smallest absolute Gasteiger partial charge is 0.248 e. The summed E-state index contributed by atoms with van der Waals surface area (Å²) < 4.78 is 0. The molecular formula is C16H18N6OS. The molecule has 2 N–H and O–H groups in total. The number of rotatable bonds is 4. The molecule has 4 heterocycles. The summed E-state index contributed by atoms with van der Waals surface area (Å²) in [6.45, 7) is 2.86. The van der Waals surface area contributed by atoms with E-state index in [1.807, 2.05) is 24.4 Å². The van der Waals surface area contributed by atoms with Gasteiger partial charge in [0.15, 0.2) is 5.82 Å². The van der Waals surface area contributed by atoms with Gasteiger partial charge in [-0.15, -0.1) is 11.3 Å². The zero-order valence-corrected chi connectivity index (χ0v) is 14.1. The van der Waals surface area contributed by atoms with Crippen LogP contribution in [0, 0.1) is 0 Å². The molecule has 1 unspecified atom stereocenters. The quantitative estimate of drug-likeness (QED) is 0.761. The highest BCUT2D eigenvalue weighted by molar-refractivity contribution is 7.16. The Bertz CT molecular complexity index is 872. The molecule has 1 atom stereocenters. The van der Waals surface area contributed by atoms with Crippen LogP contribution < -0.4 is 10.2 Å². The number of aromatic nitrogens is 4. The van der Waals surface area contributed by atoms with Crippen LogP contribution in [0.4, 0.5) is 11.6 Å². The van der Waals surface area contributed by atoms with Crippen LogP contribution in [0.15, 0.2) is 23.8 Å². The van der Waals surface area contributed by atoms with Gasteiger partial charge in [-0.1, -0.05) is 6.92 Å². The molecule has 1 fully saturated rings. The fourth-order valence-corrected chi connectivity index (χ4v) is 3.84. The molecule has 0 bridgehead atoms. The first-order chi connectivity index (χ1) is 11.8. The van der Waals surface area contributed by atoms with Crippen molar-refractivity contribution in [2.45, 2.75) is 32.2 Å². The van der Waals surface area contributed by atoms with Crippen LogP contribution in [0.25, 0.3) is 10.2 Å². The predicted octanol–water partition coefficient (Wildman–Crippen LogP) is 2.58. The lowest BCUT2D eigenvalue weighted by Gasteiger charge is -2.24. The van der Waals surface area contributed by atoms with Crippen molar-refractivity contribution in [2.24, 2.45) is 0 Å². The zero-order chi connectivity index (χ0) is 16.5. The second kappa shape index (κ2) is 6.20. The highest BCUT2D eigenvalue weighted by Crippen LogP contribution is 2.32. The third-order valence-corrected chi connectivity index (χ3v) is 5.15.